The maximum Gasteiger partial charge on any atom is 0.335 e. The van der Waals surface area contributed by atoms with Crippen LogP contribution in [-0.4, -0.2) is 93.7 Å². The minimum atomic E-state index is -1.64. The summed E-state index contributed by atoms with van der Waals surface area (Å²) >= 11 is 0. The molecule has 0 heterocycles. The van der Waals surface area contributed by atoms with E-state index in [-0.39, 0.29) is 5.56 Å². The van der Waals surface area contributed by atoms with Gasteiger partial charge in [-0.2, -0.15) is 0 Å². The van der Waals surface area contributed by atoms with Gasteiger partial charge < -0.3 is 51.1 Å². The fraction of sp³-hybridized carbons (Fsp3) is 0.462. The van der Waals surface area contributed by atoms with E-state index in [0.717, 1.165) is 12.1 Å². The van der Waals surface area contributed by atoms with Crippen molar-refractivity contribution >= 4 is 5.97 Å². The fourth-order valence-electron chi connectivity index (χ4n) is 1.94. The van der Waals surface area contributed by atoms with Crippen molar-refractivity contribution < 1.29 is 55.9 Å². The number of phenols is 3. The predicted molar refractivity (Wildman–Crippen MR) is 74.4 cm³/mol. The van der Waals surface area contributed by atoms with Gasteiger partial charge in [0.2, 0.25) is 0 Å². The molecule has 0 unspecified atom stereocenters. The summed E-state index contributed by atoms with van der Waals surface area (Å²) < 4.78 is 0. The third-order valence-electron chi connectivity index (χ3n) is 3.42. The second-order valence-electron chi connectivity index (χ2n) is 5.11. The van der Waals surface area contributed by atoms with E-state index in [2.05, 4.69) is 0 Å². The van der Waals surface area contributed by atoms with Gasteiger partial charge in [0.05, 0.1) is 5.56 Å². The minimum absolute atomic E-state index is 0.289. The predicted octanol–water partition coefficient (Wildman–Crippen LogP) is -3.33. The highest BCUT2D eigenvalue weighted by Crippen LogP contribution is 2.35. The Bertz CT molecular complexity index is 508. The van der Waals surface area contributed by atoms with Gasteiger partial charge in [0.1, 0.15) is 36.6 Å². The number of carbonyl (C=O) groups is 1. The van der Waals surface area contributed by atoms with Crippen molar-refractivity contribution in [3.05, 3.63) is 17.7 Å². The molecule has 0 saturated heterocycles. The highest BCUT2D eigenvalue weighted by molar-refractivity contribution is 5.89. The molecule has 1 aromatic carbocycles. The second-order valence-corrected chi connectivity index (χ2v) is 5.11. The van der Waals surface area contributed by atoms with Crippen molar-refractivity contribution in [1.82, 2.24) is 0 Å². The number of carboxylic acids is 1. The van der Waals surface area contributed by atoms with Crippen molar-refractivity contribution in [3.8, 4) is 17.2 Å². The van der Waals surface area contributed by atoms with Crippen LogP contribution in [-0.2, 0) is 0 Å². The molecule has 2 rings (SSSR count). The Morgan fingerprint density at radius 1 is 0.667 bits per heavy atom. The van der Waals surface area contributed by atoms with E-state index in [1.165, 1.54) is 0 Å². The normalized spacial score (nSPS) is 32.6. The van der Waals surface area contributed by atoms with Crippen molar-refractivity contribution in [3.63, 3.8) is 0 Å². The first-order valence-electron chi connectivity index (χ1n) is 6.55. The molecule has 1 aliphatic carbocycles. The van der Waals surface area contributed by atoms with Gasteiger partial charge in [0, 0.05) is 0 Å². The molecule has 1 aromatic rings. The Labute approximate surface area is 134 Å². The van der Waals surface area contributed by atoms with Gasteiger partial charge in [-0.3, -0.25) is 0 Å². The van der Waals surface area contributed by atoms with Crippen LogP contribution in [0.25, 0.3) is 0 Å². The van der Waals surface area contributed by atoms with Gasteiger partial charge in [-0.05, 0) is 12.1 Å². The molecule has 136 valence electrons. The number of aliphatic hydroxyl groups excluding tert-OH is 6. The number of carboxylic acid groups (broad SMARTS) is 1. The molecule has 0 amide bonds. The molecule has 0 radical (unpaired) electrons. The molecule has 24 heavy (non-hydrogen) atoms. The van der Waals surface area contributed by atoms with Crippen molar-refractivity contribution in [2.24, 2.45) is 0 Å². The summed E-state index contributed by atoms with van der Waals surface area (Å²) in [4.78, 5) is 10.3. The van der Waals surface area contributed by atoms with E-state index < -0.39 is 59.8 Å². The lowest BCUT2D eigenvalue weighted by atomic mass is 9.85. The summed E-state index contributed by atoms with van der Waals surface area (Å²) in [7, 11) is 0. The zero-order valence-electron chi connectivity index (χ0n) is 12.0. The summed E-state index contributed by atoms with van der Waals surface area (Å²) in [5.74, 6) is -3.33. The Hall–Kier alpha value is -2.15. The average Bonchev–Trinajstić information content (AvgIpc) is 2.54. The Kier molecular flexibility index (Phi) is 6.31. The van der Waals surface area contributed by atoms with Crippen LogP contribution in [0.15, 0.2) is 12.1 Å². The Morgan fingerprint density at radius 2 is 0.917 bits per heavy atom. The highest BCUT2D eigenvalue weighted by atomic mass is 16.4. The Morgan fingerprint density at radius 3 is 1.12 bits per heavy atom. The number of aromatic carboxylic acids is 1. The average molecular weight is 350 g/mol. The van der Waals surface area contributed by atoms with Gasteiger partial charge in [-0.25, -0.2) is 4.79 Å². The number of rotatable bonds is 1. The van der Waals surface area contributed by atoms with Crippen LogP contribution in [0, 0.1) is 0 Å². The van der Waals surface area contributed by atoms with E-state index in [0.29, 0.717) is 0 Å². The number of hydrogen-bond acceptors (Lipinski definition) is 10. The number of benzene rings is 1. The van der Waals surface area contributed by atoms with Crippen LogP contribution in [0.1, 0.15) is 10.4 Å². The largest absolute Gasteiger partial charge is 0.504 e. The first-order valence-corrected chi connectivity index (χ1v) is 6.55. The molecule has 1 fully saturated rings. The fourth-order valence-corrected chi connectivity index (χ4v) is 1.94. The highest BCUT2D eigenvalue weighted by Gasteiger charge is 2.47. The van der Waals surface area contributed by atoms with Crippen LogP contribution in [0.4, 0.5) is 0 Å². The summed E-state index contributed by atoms with van der Waals surface area (Å²) in [6, 6.07) is 1.69. The van der Waals surface area contributed by atoms with Crippen LogP contribution in [0.5, 0.6) is 17.2 Å². The van der Waals surface area contributed by atoms with Gasteiger partial charge in [-0.1, -0.05) is 0 Å². The smallest absolute Gasteiger partial charge is 0.335 e. The third kappa shape index (κ3) is 4.03. The number of aromatic hydroxyl groups is 3. The standard InChI is InChI=1S/C7H6O5.C6H12O6/c8-4-1-3(7(11)12)2-5(9)6(4)10;7-1-2(8)4(10)6(12)5(11)3(1)9/h1-2,8-10H,(H,11,12);1-12H. The lowest BCUT2D eigenvalue weighted by Gasteiger charge is -2.39. The molecule has 11 nitrogen and oxygen atoms in total. The van der Waals surface area contributed by atoms with Crippen molar-refractivity contribution in [1.29, 1.82) is 0 Å². The first kappa shape index (κ1) is 19.9. The second kappa shape index (κ2) is 7.61. The van der Waals surface area contributed by atoms with Gasteiger partial charge in [-0.15, -0.1) is 0 Å². The van der Waals surface area contributed by atoms with E-state index in [4.69, 9.17) is 51.1 Å². The number of aliphatic hydroxyl groups is 6. The number of hydrogen-bond donors (Lipinski definition) is 10. The molecule has 1 saturated carbocycles. The molecule has 0 aromatic heterocycles. The molecule has 0 bridgehead atoms. The van der Waals surface area contributed by atoms with Crippen LogP contribution in [0.3, 0.4) is 0 Å². The van der Waals surface area contributed by atoms with E-state index in [1.54, 1.807) is 0 Å². The maximum atomic E-state index is 10.3. The van der Waals surface area contributed by atoms with Crippen LogP contribution < -0.4 is 0 Å². The molecule has 0 aliphatic heterocycles. The van der Waals surface area contributed by atoms with Crippen molar-refractivity contribution in [2.75, 3.05) is 0 Å². The monoisotopic (exact) mass is 350 g/mol. The lowest BCUT2D eigenvalue weighted by molar-refractivity contribution is -0.223. The zero-order valence-corrected chi connectivity index (χ0v) is 12.0. The number of phenolic OH excluding ortho intramolecular Hbond substituents is 3. The van der Waals surface area contributed by atoms with Crippen molar-refractivity contribution in [2.45, 2.75) is 36.6 Å². The topological polar surface area (TPSA) is 219 Å². The molecule has 11 heteroatoms. The van der Waals surface area contributed by atoms with Gasteiger partial charge in [0.25, 0.3) is 0 Å². The molecular formula is C13H18O11. The SMILES string of the molecule is O=C(O)c1cc(O)c(O)c(O)c1.OC1C(O)C(O)C(O)C(O)C1O. The molecule has 0 spiro atoms. The van der Waals surface area contributed by atoms with Gasteiger partial charge >= 0.3 is 5.97 Å². The van der Waals surface area contributed by atoms with Crippen LogP contribution >= 0.6 is 0 Å². The molecule has 10 N–H and O–H groups in total. The third-order valence-corrected chi connectivity index (χ3v) is 3.42. The summed E-state index contributed by atoms with van der Waals surface area (Å²) in [6.07, 6.45) is -9.84. The first-order chi connectivity index (χ1) is 11.0. The summed E-state index contributed by atoms with van der Waals surface area (Å²) in [6.45, 7) is 0. The molecular weight excluding hydrogens is 332 g/mol. The van der Waals surface area contributed by atoms with Gasteiger partial charge in [0.15, 0.2) is 17.2 Å². The Balaban J connectivity index is 0.000000240. The zero-order chi connectivity index (χ0) is 18.8. The maximum absolute atomic E-state index is 10.3. The van der Waals surface area contributed by atoms with E-state index >= 15 is 0 Å². The molecule has 0 atom stereocenters. The summed E-state index contributed by atoms with van der Waals surface area (Å²) in [5, 5.41) is 88.8. The minimum Gasteiger partial charge on any atom is -0.504 e. The van der Waals surface area contributed by atoms with E-state index in [1.807, 2.05) is 0 Å². The van der Waals surface area contributed by atoms with Crippen LogP contribution in [0.2, 0.25) is 0 Å². The quantitative estimate of drug-likeness (QED) is 0.226. The molecule has 1 aliphatic rings. The van der Waals surface area contributed by atoms with E-state index in [9.17, 15) is 4.79 Å². The summed E-state index contributed by atoms with van der Waals surface area (Å²) in [5.41, 5.74) is -0.289. The lowest BCUT2D eigenvalue weighted by Crippen LogP contribution is -2.63.